The monoisotopic (exact) mass is 307 g/mol. The average Bonchev–Trinajstić information content (AvgIpc) is 3.05. The number of ether oxygens (including phenoxy) is 2. The van der Waals surface area contributed by atoms with Gasteiger partial charge in [0.1, 0.15) is 23.6 Å². The highest BCUT2D eigenvalue weighted by Crippen LogP contribution is 2.45. The second-order valence-corrected chi connectivity index (χ2v) is 6.96. The molecule has 0 saturated carbocycles. The van der Waals surface area contributed by atoms with E-state index in [4.69, 9.17) is 9.47 Å². The van der Waals surface area contributed by atoms with Gasteiger partial charge in [0.15, 0.2) is 0 Å². The van der Waals surface area contributed by atoms with E-state index in [2.05, 4.69) is 0 Å². The van der Waals surface area contributed by atoms with Crippen LogP contribution < -0.4 is 0 Å². The van der Waals surface area contributed by atoms with Crippen molar-refractivity contribution >= 4 is 6.09 Å². The summed E-state index contributed by atoms with van der Waals surface area (Å²) in [5.74, 6) is -0.262. The molecule has 0 aliphatic carbocycles. The van der Waals surface area contributed by atoms with Crippen LogP contribution in [0.3, 0.4) is 0 Å². The zero-order valence-electron chi connectivity index (χ0n) is 13.2. The summed E-state index contributed by atoms with van der Waals surface area (Å²) in [6.45, 7) is 6.27. The Hall–Kier alpha value is -1.62. The van der Waals surface area contributed by atoms with E-state index < -0.39 is 5.60 Å². The van der Waals surface area contributed by atoms with Gasteiger partial charge in [-0.1, -0.05) is 12.1 Å². The van der Waals surface area contributed by atoms with E-state index in [1.165, 1.54) is 12.1 Å². The van der Waals surface area contributed by atoms with Gasteiger partial charge in [-0.3, -0.25) is 0 Å². The van der Waals surface area contributed by atoms with E-state index in [9.17, 15) is 9.18 Å². The molecule has 2 heterocycles. The number of hydrogen-bond acceptors (Lipinski definition) is 3. The van der Waals surface area contributed by atoms with Crippen LogP contribution in [-0.2, 0) is 9.47 Å². The predicted octanol–water partition coefficient (Wildman–Crippen LogP) is 3.67. The molecule has 120 valence electrons. The Bertz CT molecular complexity index is 569. The molecule has 0 radical (unpaired) electrons. The summed E-state index contributed by atoms with van der Waals surface area (Å²) in [5, 5.41) is 0. The Morgan fingerprint density at radius 1 is 1.41 bits per heavy atom. The fourth-order valence-electron chi connectivity index (χ4n) is 3.05. The van der Waals surface area contributed by atoms with Gasteiger partial charge in [-0.15, -0.1) is 0 Å². The number of likely N-dealkylation sites (tertiary alicyclic amines) is 1. The minimum Gasteiger partial charge on any atom is -0.444 e. The van der Waals surface area contributed by atoms with E-state index >= 15 is 0 Å². The maximum absolute atomic E-state index is 13.3. The molecule has 0 spiro atoms. The number of benzene rings is 1. The first kappa shape index (κ1) is 15.3. The van der Waals surface area contributed by atoms with Crippen LogP contribution in [0.1, 0.15) is 45.3 Å². The molecule has 2 aliphatic rings. The number of carbonyl (C=O) groups excluding carboxylic acids is 1. The van der Waals surface area contributed by atoms with Crippen molar-refractivity contribution in [1.29, 1.82) is 0 Å². The van der Waals surface area contributed by atoms with Crippen molar-refractivity contribution in [2.24, 2.45) is 0 Å². The molecular weight excluding hydrogens is 285 g/mol. The molecule has 2 saturated heterocycles. The van der Waals surface area contributed by atoms with Crippen molar-refractivity contribution in [2.45, 2.75) is 57.5 Å². The number of rotatable bonds is 2. The summed E-state index contributed by atoms with van der Waals surface area (Å²) in [7, 11) is 0. The molecule has 0 N–H and O–H groups in total. The summed E-state index contributed by atoms with van der Waals surface area (Å²) in [5.41, 5.74) is 0.331. The van der Waals surface area contributed by atoms with E-state index in [0.717, 1.165) is 18.4 Å². The van der Waals surface area contributed by atoms with Crippen molar-refractivity contribution in [1.82, 2.24) is 4.90 Å². The highest BCUT2D eigenvalue weighted by atomic mass is 19.1. The van der Waals surface area contributed by atoms with Gasteiger partial charge in [-0.25, -0.2) is 9.18 Å². The third-order valence-corrected chi connectivity index (χ3v) is 4.01. The zero-order valence-corrected chi connectivity index (χ0v) is 13.2. The van der Waals surface area contributed by atoms with Gasteiger partial charge in [0.05, 0.1) is 6.04 Å². The molecule has 1 aromatic rings. The van der Waals surface area contributed by atoms with Crippen molar-refractivity contribution in [2.75, 3.05) is 6.54 Å². The molecule has 22 heavy (non-hydrogen) atoms. The standard InChI is InChI=1S/C17H22FNO3/c1-17(2,3)22-16(20)19-9-5-8-13(19)15-14(21-15)11-6-4-7-12(18)10-11/h4,6-7,10,13-15H,5,8-9H2,1-3H3/t13?,14-,15-/m1/s1. The molecule has 1 unspecified atom stereocenters. The summed E-state index contributed by atoms with van der Waals surface area (Å²) in [6.07, 6.45) is 1.37. The number of carbonyl (C=O) groups is 1. The van der Waals surface area contributed by atoms with E-state index in [1.807, 2.05) is 26.8 Å². The van der Waals surface area contributed by atoms with Crippen LogP contribution in [0, 0.1) is 5.82 Å². The van der Waals surface area contributed by atoms with E-state index in [1.54, 1.807) is 11.0 Å². The van der Waals surface area contributed by atoms with E-state index in [0.29, 0.717) is 6.54 Å². The smallest absolute Gasteiger partial charge is 0.410 e. The van der Waals surface area contributed by atoms with Gasteiger partial charge >= 0.3 is 6.09 Å². The summed E-state index contributed by atoms with van der Waals surface area (Å²) < 4.78 is 24.5. The molecule has 1 aromatic carbocycles. The topological polar surface area (TPSA) is 42.1 Å². The lowest BCUT2D eigenvalue weighted by Gasteiger charge is -2.28. The number of nitrogens with zero attached hydrogens (tertiary/aromatic N) is 1. The second-order valence-electron chi connectivity index (χ2n) is 6.96. The first-order valence-corrected chi connectivity index (χ1v) is 7.76. The van der Waals surface area contributed by atoms with Gasteiger partial charge in [0.2, 0.25) is 0 Å². The van der Waals surface area contributed by atoms with Crippen molar-refractivity contribution in [3.63, 3.8) is 0 Å². The third kappa shape index (κ3) is 3.24. The molecule has 0 aromatic heterocycles. The Morgan fingerprint density at radius 3 is 2.86 bits per heavy atom. The Labute approximate surface area is 130 Å². The van der Waals surface area contributed by atoms with Crippen LogP contribution in [0.4, 0.5) is 9.18 Å². The Morgan fingerprint density at radius 2 is 2.18 bits per heavy atom. The predicted molar refractivity (Wildman–Crippen MR) is 80.0 cm³/mol. The van der Waals surface area contributed by atoms with E-state index in [-0.39, 0.29) is 30.2 Å². The largest absolute Gasteiger partial charge is 0.444 e. The van der Waals surface area contributed by atoms with Crippen molar-refractivity contribution in [3.8, 4) is 0 Å². The normalized spacial score (nSPS) is 27.8. The summed E-state index contributed by atoms with van der Waals surface area (Å²) in [4.78, 5) is 14.0. The first-order valence-electron chi connectivity index (χ1n) is 7.76. The SMILES string of the molecule is CC(C)(C)OC(=O)N1CCCC1[C@H]1O[C@@H]1c1cccc(F)c1. The Balaban J connectivity index is 1.66. The van der Waals surface area contributed by atoms with Gasteiger partial charge in [-0.05, 0) is 51.3 Å². The maximum Gasteiger partial charge on any atom is 0.410 e. The van der Waals surface area contributed by atoms with Crippen LogP contribution in [0.5, 0.6) is 0 Å². The fraction of sp³-hybridized carbons (Fsp3) is 0.588. The molecule has 3 rings (SSSR count). The van der Waals surface area contributed by atoms with Gasteiger partial charge in [0, 0.05) is 6.54 Å². The van der Waals surface area contributed by atoms with Crippen LogP contribution >= 0.6 is 0 Å². The van der Waals surface area contributed by atoms with Crippen molar-refractivity contribution < 1.29 is 18.7 Å². The molecular formula is C17H22FNO3. The average molecular weight is 307 g/mol. The minimum absolute atomic E-state index is 0.0168. The highest BCUT2D eigenvalue weighted by molar-refractivity contribution is 5.69. The number of epoxide rings is 1. The van der Waals surface area contributed by atoms with Crippen LogP contribution in [0.2, 0.25) is 0 Å². The number of hydrogen-bond donors (Lipinski definition) is 0. The molecule has 2 fully saturated rings. The molecule has 3 atom stereocenters. The van der Waals surface area contributed by atoms with Gasteiger partial charge in [-0.2, -0.15) is 0 Å². The zero-order chi connectivity index (χ0) is 15.9. The summed E-state index contributed by atoms with van der Waals surface area (Å²) >= 11 is 0. The van der Waals surface area contributed by atoms with Crippen molar-refractivity contribution in [3.05, 3.63) is 35.6 Å². The van der Waals surface area contributed by atoms with Crippen LogP contribution in [0.25, 0.3) is 0 Å². The Kier molecular flexibility index (Phi) is 3.85. The second kappa shape index (κ2) is 5.54. The highest BCUT2D eigenvalue weighted by Gasteiger charge is 2.51. The fourth-order valence-corrected chi connectivity index (χ4v) is 3.05. The van der Waals surface area contributed by atoms with Gasteiger partial charge in [0.25, 0.3) is 0 Å². The number of amides is 1. The molecule has 2 aliphatic heterocycles. The summed E-state index contributed by atoms with van der Waals surface area (Å²) in [6, 6.07) is 6.48. The lowest BCUT2D eigenvalue weighted by molar-refractivity contribution is 0.0204. The lowest BCUT2D eigenvalue weighted by Crippen LogP contribution is -2.42. The third-order valence-electron chi connectivity index (χ3n) is 4.01. The molecule has 4 nitrogen and oxygen atoms in total. The van der Waals surface area contributed by atoms with Crippen LogP contribution in [0.15, 0.2) is 24.3 Å². The van der Waals surface area contributed by atoms with Crippen LogP contribution in [-0.4, -0.2) is 35.3 Å². The molecule has 5 heteroatoms. The minimum atomic E-state index is -0.503. The molecule has 0 bridgehead atoms. The number of halogens is 1. The van der Waals surface area contributed by atoms with Gasteiger partial charge < -0.3 is 14.4 Å². The quantitative estimate of drug-likeness (QED) is 0.783. The lowest BCUT2D eigenvalue weighted by atomic mass is 10.0. The maximum atomic E-state index is 13.3. The first-order chi connectivity index (χ1) is 10.3. The molecule has 1 amide bonds.